The van der Waals surface area contributed by atoms with Crippen LogP contribution in [0.25, 0.3) is 28.3 Å². The number of fused-ring (bicyclic) bond motifs is 1. The number of halogens is 1. The molecule has 0 aromatic heterocycles. The van der Waals surface area contributed by atoms with Crippen LogP contribution in [0.2, 0.25) is 0 Å². The van der Waals surface area contributed by atoms with Crippen LogP contribution in [0.3, 0.4) is 0 Å². The predicted octanol–water partition coefficient (Wildman–Crippen LogP) is 8.43. The zero-order valence-corrected chi connectivity index (χ0v) is 23.9. The molecule has 0 fully saturated rings. The topological polar surface area (TPSA) is 38.8 Å². The molecule has 0 N–H and O–H groups in total. The minimum atomic E-state index is -0.495. The van der Waals surface area contributed by atoms with Gasteiger partial charge in [0.15, 0.2) is 0 Å². The molecule has 5 heteroatoms. The van der Waals surface area contributed by atoms with Gasteiger partial charge < -0.3 is 14.4 Å². The van der Waals surface area contributed by atoms with E-state index in [1.165, 1.54) is 11.1 Å². The van der Waals surface area contributed by atoms with Crippen LogP contribution >= 0.6 is 15.9 Å². The number of carbonyl (C=O) groups is 1. The van der Waals surface area contributed by atoms with Gasteiger partial charge in [-0.15, -0.1) is 0 Å². The third-order valence-corrected chi connectivity index (χ3v) is 7.16. The summed E-state index contributed by atoms with van der Waals surface area (Å²) >= 11 is 3.47. The molecule has 1 amide bonds. The Bertz CT molecular complexity index is 1290. The third-order valence-electron chi connectivity index (χ3n) is 6.60. The Morgan fingerprint density at radius 2 is 1.78 bits per heavy atom. The summed E-state index contributed by atoms with van der Waals surface area (Å²) in [6.45, 7) is 13.9. The van der Waals surface area contributed by atoms with Gasteiger partial charge in [-0.25, -0.2) is 4.79 Å². The van der Waals surface area contributed by atoms with Crippen molar-refractivity contribution >= 4 is 28.1 Å². The predicted molar refractivity (Wildman–Crippen MR) is 156 cm³/mol. The van der Waals surface area contributed by atoms with Crippen molar-refractivity contribution in [2.45, 2.75) is 52.7 Å². The fourth-order valence-corrected chi connectivity index (χ4v) is 5.00. The van der Waals surface area contributed by atoms with Crippen LogP contribution in [0.1, 0.15) is 49.4 Å². The number of carbonyl (C=O) groups excluding carboxylic acids is 1. The highest BCUT2D eigenvalue weighted by Crippen LogP contribution is 2.38. The molecular weight excluding hydrogens is 526 g/mol. The molecule has 0 bridgehead atoms. The van der Waals surface area contributed by atoms with Gasteiger partial charge >= 0.3 is 6.09 Å². The molecule has 1 aliphatic rings. The zero-order chi connectivity index (χ0) is 26.6. The summed E-state index contributed by atoms with van der Waals surface area (Å²) in [5.74, 6) is 0.919. The van der Waals surface area contributed by atoms with Crippen molar-refractivity contribution in [3.05, 3.63) is 83.4 Å². The van der Waals surface area contributed by atoms with Gasteiger partial charge in [-0.3, -0.25) is 0 Å². The maximum absolute atomic E-state index is 12.6. The highest BCUT2D eigenvalue weighted by Gasteiger charge is 2.26. The van der Waals surface area contributed by atoms with Crippen molar-refractivity contribution in [1.82, 2.24) is 4.90 Å². The van der Waals surface area contributed by atoms with Crippen molar-refractivity contribution in [3.63, 3.8) is 0 Å². The molecule has 0 saturated heterocycles. The fraction of sp³-hybridized carbons (Fsp3) is 0.344. The summed E-state index contributed by atoms with van der Waals surface area (Å²) < 4.78 is 11.6. The normalized spacial score (nSPS) is 13.2. The molecule has 194 valence electrons. The van der Waals surface area contributed by atoms with Gasteiger partial charge in [0.05, 0.1) is 6.61 Å². The lowest BCUT2D eigenvalue weighted by molar-refractivity contribution is 0.0224. The van der Waals surface area contributed by atoms with Crippen LogP contribution in [0.15, 0.2) is 61.2 Å². The quantitative estimate of drug-likeness (QED) is 0.214. The van der Waals surface area contributed by atoms with E-state index in [4.69, 9.17) is 9.47 Å². The molecule has 3 aromatic carbocycles. The first-order valence-electron chi connectivity index (χ1n) is 12.9. The Balaban J connectivity index is 1.64. The number of benzene rings is 3. The van der Waals surface area contributed by atoms with E-state index < -0.39 is 5.60 Å². The Morgan fingerprint density at radius 1 is 1.05 bits per heavy atom. The van der Waals surface area contributed by atoms with E-state index in [1.807, 2.05) is 32.9 Å². The minimum absolute atomic E-state index is 0.252. The number of nitrogens with zero attached hydrogens (tertiary/aromatic N) is 1. The second kappa shape index (κ2) is 11.6. The standard InChI is InChI=1S/C32H36BrNO3/c1-6-26-28(11-7-12-29(26)27-10-8-13-30(22(27)2)36-19-9-17-33)24-14-15-25-21-34(18-16-23(25)20-24)31(35)37-32(3,4)5/h6-8,10-15,20H,1,9,16-19,21H2,2-5H3. The van der Waals surface area contributed by atoms with Crippen LogP contribution in [-0.4, -0.2) is 35.1 Å². The third kappa shape index (κ3) is 6.27. The number of rotatable bonds is 7. The average molecular weight is 563 g/mol. The van der Waals surface area contributed by atoms with E-state index in [0.717, 1.165) is 57.3 Å². The maximum Gasteiger partial charge on any atom is 0.410 e. The first-order chi connectivity index (χ1) is 17.7. The second-order valence-electron chi connectivity index (χ2n) is 10.4. The van der Waals surface area contributed by atoms with Gasteiger partial charge in [0.25, 0.3) is 0 Å². The lowest BCUT2D eigenvalue weighted by atomic mass is 9.88. The van der Waals surface area contributed by atoms with E-state index in [2.05, 4.69) is 78.0 Å². The first kappa shape index (κ1) is 27.0. The maximum atomic E-state index is 12.6. The number of amides is 1. The van der Waals surface area contributed by atoms with Gasteiger partial charge in [0.2, 0.25) is 0 Å². The summed E-state index contributed by atoms with van der Waals surface area (Å²) in [4.78, 5) is 14.4. The van der Waals surface area contributed by atoms with Crippen LogP contribution in [-0.2, 0) is 17.7 Å². The van der Waals surface area contributed by atoms with Crippen LogP contribution < -0.4 is 4.74 Å². The van der Waals surface area contributed by atoms with Crippen molar-refractivity contribution in [2.24, 2.45) is 0 Å². The second-order valence-corrected chi connectivity index (χ2v) is 11.2. The molecule has 4 rings (SSSR count). The molecule has 3 aromatic rings. The van der Waals surface area contributed by atoms with E-state index in [0.29, 0.717) is 19.7 Å². The Kier molecular flexibility index (Phi) is 8.43. The summed E-state index contributed by atoms with van der Waals surface area (Å²) in [7, 11) is 0. The zero-order valence-electron chi connectivity index (χ0n) is 22.3. The molecule has 0 radical (unpaired) electrons. The van der Waals surface area contributed by atoms with Gasteiger partial charge in [-0.05, 0) is 91.1 Å². The number of ether oxygens (including phenoxy) is 2. The smallest absolute Gasteiger partial charge is 0.410 e. The van der Waals surface area contributed by atoms with Gasteiger partial charge in [-0.2, -0.15) is 0 Å². The summed E-state index contributed by atoms with van der Waals surface area (Å²) in [6, 6.07) is 19.2. The molecule has 4 nitrogen and oxygen atoms in total. The Labute approximate surface area is 229 Å². The number of hydrogen-bond donors (Lipinski definition) is 0. The van der Waals surface area contributed by atoms with Crippen molar-refractivity contribution < 1.29 is 14.3 Å². The highest BCUT2D eigenvalue weighted by atomic mass is 79.9. The van der Waals surface area contributed by atoms with Crippen molar-refractivity contribution in [3.8, 4) is 28.0 Å². The monoisotopic (exact) mass is 561 g/mol. The Hall–Kier alpha value is -3.05. The molecule has 37 heavy (non-hydrogen) atoms. The molecular formula is C32H36BrNO3. The lowest BCUT2D eigenvalue weighted by Crippen LogP contribution is -2.39. The Morgan fingerprint density at radius 3 is 2.51 bits per heavy atom. The van der Waals surface area contributed by atoms with Gasteiger partial charge in [0, 0.05) is 18.4 Å². The molecule has 0 aliphatic carbocycles. The summed E-state index contributed by atoms with van der Waals surface area (Å²) in [6.07, 6.45) is 3.47. The molecule has 1 aliphatic heterocycles. The van der Waals surface area contributed by atoms with E-state index in [9.17, 15) is 4.79 Å². The average Bonchev–Trinajstić information content (AvgIpc) is 2.87. The molecule has 0 unspecified atom stereocenters. The van der Waals surface area contributed by atoms with E-state index in [-0.39, 0.29) is 6.09 Å². The fourth-order valence-electron chi connectivity index (χ4n) is 4.77. The van der Waals surface area contributed by atoms with Gasteiger partial charge in [0.1, 0.15) is 11.4 Å². The van der Waals surface area contributed by atoms with Crippen molar-refractivity contribution in [2.75, 3.05) is 18.5 Å². The minimum Gasteiger partial charge on any atom is -0.493 e. The highest BCUT2D eigenvalue weighted by molar-refractivity contribution is 9.09. The van der Waals surface area contributed by atoms with Crippen LogP contribution in [0.5, 0.6) is 5.75 Å². The molecule has 0 saturated carbocycles. The number of hydrogen-bond acceptors (Lipinski definition) is 3. The lowest BCUT2D eigenvalue weighted by Gasteiger charge is -2.31. The molecule has 0 spiro atoms. The largest absolute Gasteiger partial charge is 0.493 e. The molecule has 1 heterocycles. The van der Waals surface area contributed by atoms with Crippen molar-refractivity contribution in [1.29, 1.82) is 0 Å². The SMILES string of the molecule is C=Cc1c(-c2ccc3c(c2)CCN(C(=O)OC(C)(C)C)C3)cccc1-c1cccc(OCCCBr)c1C. The van der Waals surface area contributed by atoms with E-state index >= 15 is 0 Å². The van der Waals surface area contributed by atoms with Crippen LogP contribution in [0.4, 0.5) is 4.79 Å². The van der Waals surface area contributed by atoms with E-state index in [1.54, 1.807) is 4.90 Å². The van der Waals surface area contributed by atoms with Crippen LogP contribution in [0, 0.1) is 6.92 Å². The molecule has 0 atom stereocenters. The number of alkyl halides is 1. The summed E-state index contributed by atoms with van der Waals surface area (Å²) in [5, 5.41) is 0.925. The first-order valence-corrected chi connectivity index (χ1v) is 14.0. The van der Waals surface area contributed by atoms with Gasteiger partial charge in [-0.1, -0.05) is 77.1 Å². The summed E-state index contributed by atoms with van der Waals surface area (Å²) in [5.41, 5.74) is 8.78.